The Morgan fingerprint density at radius 3 is 2.20 bits per heavy atom. The number of nitrogens with one attached hydrogen (secondary N) is 2. The lowest BCUT2D eigenvalue weighted by Crippen LogP contribution is -2.42. The van der Waals surface area contributed by atoms with E-state index in [2.05, 4.69) is 10.6 Å². The van der Waals surface area contributed by atoms with Crippen LogP contribution in [0.4, 0.5) is 5.69 Å². The first-order valence-corrected chi connectivity index (χ1v) is 7.73. The number of benzene rings is 1. The van der Waals surface area contributed by atoms with E-state index in [0.717, 1.165) is 12.8 Å². The fraction of sp³-hybridized carbons (Fsp3) is 0.500. The van der Waals surface area contributed by atoms with Crippen molar-refractivity contribution in [3.8, 4) is 0 Å². The number of rotatable bonds is 6. The second-order valence-electron chi connectivity index (χ2n) is 4.63. The minimum absolute atomic E-state index is 0.0687. The van der Waals surface area contributed by atoms with Crippen LogP contribution in [0.15, 0.2) is 12.1 Å². The van der Waals surface area contributed by atoms with Gasteiger partial charge in [0.05, 0.1) is 20.8 Å². The molecule has 20 heavy (non-hydrogen) atoms. The third-order valence-corrected chi connectivity index (χ3v) is 4.14. The predicted octanol–water partition coefficient (Wildman–Crippen LogP) is 4.75. The predicted molar refractivity (Wildman–Crippen MR) is 87.1 cm³/mol. The number of hydrogen-bond donors (Lipinski definition) is 2. The number of carbonyl (C=O) groups is 1. The Bertz CT molecular complexity index is 476. The van der Waals surface area contributed by atoms with Crippen molar-refractivity contribution in [3.05, 3.63) is 27.2 Å². The number of halogens is 3. The van der Waals surface area contributed by atoms with E-state index in [1.807, 2.05) is 13.8 Å². The van der Waals surface area contributed by atoms with Crippen LogP contribution in [0.3, 0.4) is 0 Å². The summed E-state index contributed by atoms with van der Waals surface area (Å²) in [5, 5.41) is 7.23. The molecule has 112 valence electrons. The average molecular weight is 338 g/mol. The molecule has 1 unspecified atom stereocenters. The summed E-state index contributed by atoms with van der Waals surface area (Å²) in [7, 11) is 0. The Morgan fingerprint density at radius 1 is 1.10 bits per heavy atom. The van der Waals surface area contributed by atoms with E-state index in [0.29, 0.717) is 20.8 Å². The zero-order valence-electron chi connectivity index (χ0n) is 11.8. The maximum absolute atomic E-state index is 12.1. The van der Waals surface area contributed by atoms with Gasteiger partial charge in [-0.1, -0.05) is 48.7 Å². The zero-order chi connectivity index (χ0) is 15.3. The first-order valence-electron chi connectivity index (χ1n) is 6.60. The largest absolute Gasteiger partial charge is 0.373 e. The van der Waals surface area contributed by atoms with Crippen LogP contribution in [0.1, 0.15) is 33.6 Å². The van der Waals surface area contributed by atoms with Crippen LogP contribution in [0.2, 0.25) is 15.1 Å². The Kier molecular flexibility index (Phi) is 6.93. The van der Waals surface area contributed by atoms with E-state index < -0.39 is 6.04 Å². The van der Waals surface area contributed by atoms with Crippen LogP contribution in [-0.2, 0) is 4.79 Å². The molecule has 0 heterocycles. The van der Waals surface area contributed by atoms with Gasteiger partial charge < -0.3 is 10.6 Å². The Labute approximate surface area is 135 Å². The van der Waals surface area contributed by atoms with Crippen molar-refractivity contribution in [1.29, 1.82) is 0 Å². The van der Waals surface area contributed by atoms with Crippen molar-refractivity contribution < 1.29 is 4.79 Å². The number of hydrogen-bond acceptors (Lipinski definition) is 2. The molecule has 1 aromatic carbocycles. The van der Waals surface area contributed by atoms with Crippen molar-refractivity contribution in [2.45, 2.75) is 45.7 Å². The molecule has 0 spiro atoms. The average Bonchev–Trinajstić information content (AvgIpc) is 2.41. The second kappa shape index (κ2) is 7.96. The smallest absolute Gasteiger partial charge is 0.242 e. The molecular weight excluding hydrogens is 319 g/mol. The van der Waals surface area contributed by atoms with Gasteiger partial charge in [0.2, 0.25) is 5.91 Å². The van der Waals surface area contributed by atoms with Gasteiger partial charge in [0.1, 0.15) is 6.04 Å². The molecule has 0 aliphatic carbocycles. The number of amides is 1. The van der Waals surface area contributed by atoms with Crippen molar-refractivity contribution in [1.82, 2.24) is 5.32 Å². The number of carbonyl (C=O) groups excluding carboxylic acids is 1. The highest BCUT2D eigenvalue weighted by atomic mass is 35.5. The molecule has 0 fully saturated rings. The van der Waals surface area contributed by atoms with Crippen molar-refractivity contribution >= 4 is 46.4 Å². The van der Waals surface area contributed by atoms with E-state index in [9.17, 15) is 4.79 Å². The van der Waals surface area contributed by atoms with Crippen LogP contribution in [0, 0.1) is 0 Å². The maximum atomic E-state index is 12.1. The Morgan fingerprint density at radius 2 is 1.65 bits per heavy atom. The van der Waals surface area contributed by atoms with Crippen molar-refractivity contribution in [3.63, 3.8) is 0 Å². The fourth-order valence-electron chi connectivity index (χ4n) is 1.75. The van der Waals surface area contributed by atoms with Gasteiger partial charge in [-0.05, 0) is 31.9 Å². The lowest BCUT2D eigenvalue weighted by atomic mass is 10.1. The van der Waals surface area contributed by atoms with E-state index in [-0.39, 0.29) is 11.9 Å². The molecule has 0 radical (unpaired) electrons. The van der Waals surface area contributed by atoms with Gasteiger partial charge in [0, 0.05) is 6.04 Å². The number of anilines is 1. The second-order valence-corrected chi connectivity index (χ2v) is 5.86. The third-order valence-electron chi connectivity index (χ3n) is 3.11. The van der Waals surface area contributed by atoms with Gasteiger partial charge in [-0.15, -0.1) is 0 Å². The third kappa shape index (κ3) is 4.72. The first-order chi connectivity index (χ1) is 9.38. The lowest BCUT2D eigenvalue weighted by Gasteiger charge is -2.20. The molecule has 0 bridgehead atoms. The fourth-order valence-corrected chi connectivity index (χ4v) is 2.35. The van der Waals surface area contributed by atoms with Crippen LogP contribution < -0.4 is 10.6 Å². The van der Waals surface area contributed by atoms with Crippen molar-refractivity contribution in [2.75, 3.05) is 5.32 Å². The minimum Gasteiger partial charge on any atom is -0.373 e. The van der Waals surface area contributed by atoms with Gasteiger partial charge in [-0.25, -0.2) is 0 Å². The van der Waals surface area contributed by atoms with Gasteiger partial charge in [-0.3, -0.25) is 4.79 Å². The molecule has 1 aromatic rings. The molecule has 1 rings (SSSR count). The quantitative estimate of drug-likeness (QED) is 0.735. The molecule has 2 N–H and O–H groups in total. The highest BCUT2D eigenvalue weighted by molar-refractivity contribution is 6.44. The van der Waals surface area contributed by atoms with Crippen molar-refractivity contribution in [2.24, 2.45) is 0 Å². The van der Waals surface area contributed by atoms with Gasteiger partial charge in [0.15, 0.2) is 0 Å². The highest BCUT2D eigenvalue weighted by Gasteiger charge is 2.17. The first kappa shape index (κ1) is 17.4. The molecule has 0 saturated heterocycles. The summed E-state index contributed by atoms with van der Waals surface area (Å²) in [4.78, 5) is 12.1. The Balaban J connectivity index is 2.73. The summed E-state index contributed by atoms with van der Waals surface area (Å²) in [5.74, 6) is -0.0687. The molecular formula is C14H19Cl3N2O. The van der Waals surface area contributed by atoms with Crippen LogP contribution in [-0.4, -0.2) is 18.0 Å². The maximum Gasteiger partial charge on any atom is 0.242 e. The summed E-state index contributed by atoms with van der Waals surface area (Å²) < 4.78 is 0. The normalized spacial score (nSPS) is 12.3. The molecule has 0 aliphatic rings. The lowest BCUT2D eigenvalue weighted by molar-refractivity contribution is -0.122. The summed E-state index contributed by atoms with van der Waals surface area (Å²) in [6, 6.07) is 2.95. The molecule has 1 atom stereocenters. The van der Waals surface area contributed by atoms with Gasteiger partial charge in [-0.2, -0.15) is 0 Å². The topological polar surface area (TPSA) is 41.1 Å². The molecule has 1 amide bonds. The summed E-state index contributed by atoms with van der Waals surface area (Å²) in [5.41, 5.74) is 0.591. The molecule has 0 aromatic heterocycles. The summed E-state index contributed by atoms with van der Waals surface area (Å²) in [6.07, 6.45) is 1.81. The van der Waals surface area contributed by atoms with Crippen LogP contribution in [0.5, 0.6) is 0 Å². The molecule has 6 heteroatoms. The van der Waals surface area contributed by atoms with Crippen LogP contribution >= 0.6 is 34.8 Å². The van der Waals surface area contributed by atoms with E-state index >= 15 is 0 Å². The van der Waals surface area contributed by atoms with Gasteiger partial charge in [0.25, 0.3) is 0 Å². The Hall–Kier alpha value is -0.640. The minimum atomic E-state index is -0.412. The summed E-state index contributed by atoms with van der Waals surface area (Å²) >= 11 is 17.9. The van der Waals surface area contributed by atoms with Gasteiger partial charge >= 0.3 is 0 Å². The molecule has 0 aliphatic heterocycles. The van der Waals surface area contributed by atoms with E-state index in [1.54, 1.807) is 19.1 Å². The highest BCUT2D eigenvalue weighted by Crippen LogP contribution is 2.32. The molecule has 3 nitrogen and oxygen atoms in total. The zero-order valence-corrected chi connectivity index (χ0v) is 14.0. The van der Waals surface area contributed by atoms with E-state index in [1.165, 1.54) is 0 Å². The monoisotopic (exact) mass is 336 g/mol. The van der Waals surface area contributed by atoms with E-state index in [4.69, 9.17) is 34.8 Å². The molecule has 0 saturated carbocycles. The SMILES string of the molecule is CCC(CC)NC(=O)C(C)Nc1cc(Cl)c(Cl)cc1Cl. The van der Waals surface area contributed by atoms with Crippen LogP contribution in [0.25, 0.3) is 0 Å². The summed E-state index contributed by atoms with van der Waals surface area (Å²) in [6.45, 7) is 5.86. The standard InChI is InChI=1S/C14H19Cl3N2O/c1-4-9(5-2)19-14(20)8(3)18-13-7-11(16)10(15)6-12(13)17/h6-9,18H,4-5H2,1-3H3,(H,19,20).